The van der Waals surface area contributed by atoms with Gasteiger partial charge in [-0.15, -0.1) is 0 Å². The second-order valence-corrected chi connectivity index (χ2v) is 6.53. The highest BCUT2D eigenvalue weighted by molar-refractivity contribution is 6.00. The van der Waals surface area contributed by atoms with Crippen molar-refractivity contribution in [2.45, 2.75) is 13.8 Å². The minimum Gasteiger partial charge on any atom is -0.454 e. The first-order valence-corrected chi connectivity index (χ1v) is 8.87. The molecule has 1 aromatic heterocycles. The molecule has 154 valence electrons. The fourth-order valence-corrected chi connectivity index (χ4v) is 3.14. The molecule has 0 spiro atoms. The molecule has 1 aliphatic rings. The van der Waals surface area contributed by atoms with Gasteiger partial charge in [-0.25, -0.2) is 13.5 Å². The number of halogens is 2. The molecule has 2 amide bonds. The van der Waals surface area contributed by atoms with Crippen LogP contribution in [0.15, 0.2) is 36.4 Å². The van der Waals surface area contributed by atoms with Crippen LogP contribution in [0.4, 0.5) is 8.78 Å². The van der Waals surface area contributed by atoms with Gasteiger partial charge in [-0.1, -0.05) is 0 Å². The molecule has 0 atom stereocenters. The number of nitrogens with one attached hydrogen (secondary N) is 2. The maximum absolute atomic E-state index is 14.1. The number of benzene rings is 2. The standard InChI is InChI=1S/C20H16F2N4O4/c1-10-18(11(2)26(25-10)15-5-4-13(21)8-14(15)22)20(28)24-23-19(27)12-3-6-16-17(7-12)30-9-29-16/h3-8H,9H2,1-2H3,(H,23,27)(H,24,28). The molecule has 30 heavy (non-hydrogen) atoms. The minimum atomic E-state index is -0.816. The number of amides is 2. The number of hydrazine groups is 1. The Hall–Kier alpha value is -3.95. The lowest BCUT2D eigenvalue weighted by Gasteiger charge is -2.09. The third kappa shape index (κ3) is 3.43. The number of rotatable bonds is 3. The van der Waals surface area contributed by atoms with Crippen molar-refractivity contribution in [2.75, 3.05) is 6.79 Å². The minimum absolute atomic E-state index is 0.000412. The summed E-state index contributed by atoms with van der Waals surface area (Å²) in [5, 5.41) is 4.17. The van der Waals surface area contributed by atoms with E-state index in [-0.39, 0.29) is 23.6 Å². The van der Waals surface area contributed by atoms with Crippen molar-refractivity contribution in [3.05, 3.63) is 70.5 Å². The zero-order chi connectivity index (χ0) is 21.4. The number of carbonyl (C=O) groups is 2. The van der Waals surface area contributed by atoms with Crippen LogP contribution in [0.2, 0.25) is 0 Å². The fraction of sp³-hybridized carbons (Fsp3) is 0.150. The SMILES string of the molecule is Cc1nn(-c2ccc(F)cc2F)c(C)c1C(=O)NNC(=O)c1ccc2c(c1)OCO2. The molecule has 2 aromatic carbocycles. The van der Waals surface area contributed by atoms with E-state index in [1.54, 1.807) is 19.9 Å². The van der Waals surface area contributed by atoms with Crippen LogP contribution >= 0.6 is 0 Å². The second kappa shape index (κ2) is 7.47. The second-order valence-electron chi connectivity index (χ2n) is 6.53. The van der Waals surface area contributed by atoms with Gasteiger partial charge in [0.25, 0.3) is 11.8 Å². The zero-order valence-corrected chi connectivity index (χ0v) is 16.0. The van der Waals surface area contributed by atoms with Crippen LogP contribution in [0, 0.1) is 25.5 Å². The van der Waals surface area contributed by atoms with Gasteiger partial charge in [-0.2, -0.15) is 5.10 Å². The molecular weight excluding hydrogens is 398 g/mol. The van der Waals surface area contributed by atoms with Crippen LogP contribution in [0.5, 0.6) is 11.5 Å². The van der Waals surface area contributed by atoms with Gasteiger partial charge < -0.3 is 9.47 Å². The van der Waals surface area contributed by atoms with E-state index in [0.29, 0.717) is 22.9 Å². The average Bonchev–Trinajstić information content (AvgIpc) is 3.29. The molecule has 0 radical (unpaired) electrons. The first kappa shape index (κ1) is 19.4. The van der Waals surface area contributed by atoms with Crippen LogP contribution < -0.4 is 20.3 Å². The molecule has 0 bridgehead atoms. The van der Waals surface area contributed by atoms with Gasteiger partial charge in [-0.05, 0) is 44.2 Å². The summed E-state index contributed by atoms with van der Waals surface area (Å²) in [4.78, 5) is 24.9. The molecule has 3 aromatic rings. The lowest BCUT2D eigenvalue weighted by molar-refractivity contribution is 0.0845. The topological polar surface area (TPSA) is 94.5 Å². The summed E-state index contributed by atoms with van der Waals surface area (Å²) < 4.78 is 38.9. The normalized spacial score (nSPS) is 12.0. The monoisotopic (exact) mass is 414 g/mol. The van der Waals surface area contributed by atoms with E-state index >= 15 is 0 Å². The molecule has 10 heteroatoms. The Morgan fingerprint density at radius 2 is 1.73 bits per heavy atom. The fourth-order valence-electron chi connectivity index (χ4n) is 3.14. The lowest BCUT2D eigenvalue weighted by Crippen LogP contribution is -2.42. The number of aromatic nitrogens is 2. The van der Waals surface area contributed by atoms with Gasteiger partial charge in [0.1, 0.15) is 11.5 Å². The highest BCUT2D eigenvalue weighted by Gasteiger charge is 2.22. The first-order chi connectivity index (χ1) is 14.3. The number of carbonyl (C=O) groups excluding carboxylic acids is 2. The molecule has 0 fully saturated rings. The summed E-state index contributed by atoms with van der Waals surface area (Å²) in [6, 6.07) is 7.68. The quantitative estimate of drug-likeness (QED) is 0.643. The van der Waals surface area contributed by atoms with E-state index in [4.69, 9.17) is 9.47 Å². The lowest BCUT2D eigenvalue weighted by atomic mass is 10.2. The van der Waals surface area contributed by atoms with Gasteiger partial charge in [0.15, 0.2) is 17.3 Å². The molecule has 1 aliphatic heterocycles. The van der Waals surface area contributed by atoms with Crippen molar-refractivity contribution < 1.29 is 27.8 Å². The van der Waals surface area contributed by atoms with Gasteiger partial charge in [0.05, 0.1) is 17.0 Å². The van der Waals surface area contributed by atoms with Crippen LogP contribution in [0.3, 0.4) is 0 Å². The number of nitrogens with zero attached hydrogens (tertiary/aromatic N) is 2. The summed E-state index contributed by atoms with van der Waals surface area (Å²) in [6.07, 6.45) is 0. The van der Waals surface area contributed by atoms with E-state index in [9.17, 15) is 18.4 Å². The van der Waals surface area contributed by atoms with E-state index in [1.807, 2.05) is 0 Å². The average molecular weight is 414 g/mol. The Balaban J connectivity index is 1.51. The Morgan fingerprint density at radius 3 is 2.50 bits per heavy atom. The molecular formula is C20H16F2N4O4. The highest BCUT2D eigenvalue weighted by Crippen LogP contribution is 2.32. The molecule has 0 saturated heterocycles. The summed E-state index contributed by atoms with van der Waals surface area (Å²) in [5.74, 6) is -1.77. The van der Waals surface area contributed by atoms with E-state index in [2.05, 4.69) is 16.0 Å². The third-order valence-corrected chi connectivity index (χ3v) is 4.58. The van der Waals surface area contributed by atoms with Crippen molar-refractivity contribution in [1.29, 1.82) is 0 Å². The predicted molar refractivity (Wildman–Crippen MR) is 100 cm³/mol. The molecule has 2 heterocycles. The van der Waals surface area contributed by atoms with Crippen LogP contribution in [-0.2, 0) is 0 Å². The smallest absolute Gasteiger partial charge is 0.273 e. The number of hydrogen-bond donors (Lipinski definition) is 2. The Labute approximate surface area is 169 Å². The van der Waals surface area contributed by atoms with Gasteiger partial charge in [0.2, 0.25) is 6.79 Å². The van der Waals surface area contributed by atoms with E-state index in [0.717, 1.165) is 12.1 Å². The van der Waals surface area contributed by atoms with E-state index < -0.39 is 23.4 Å². The van der Waals surface area contributed by atoms with Crippen LogP contribution in [0.25, 0.3) is 5.69 Å². The summed E-state index contributed by atoms with van der Waals surface area (Å²) in [7, 11) is 0. The Morgan fingerprint density at radius 1 is 1.00 bits per heavy atom. The third-order valence-electron chi connectivity index (χ3n) is 4.58. The Bertz CT molecular complexity index is 1180. The number of ether oxygens (including phenoxy) is 2. The molecule has 0 unspecified atom stereocenters. The van der Waals surface area contributed by atoms with Gasteiger partial charge in [0, 0.05) is 11.6 Å². The van der Waals surface area contributed by atoms with Gasteiger partial charge in [-0.3, -0.25) is 20.4 Å². The summed E-state index contributed by atoms with van der Waals surface area (Å²) in [5.41, 5.74) is 5.69. The van der Waals surface area contributed by atoms with Gasteiger partial charge >= 0.3 is 0 Å². The largest absolute Gasteiger partial charge is 0.454 e. The highest BCUT2D eigenvalue weighted by atomic mass is 19.1. The molecule has 0 aliphatic carbocycles. The van der Waals surface area contributed by atoms with Crippen molar-refractivity contribution >= 4 is 11.8 Å². The van der Waals surface area contributed by atoms with Crippen LogP contribution in [-0.4, -0.2) is 28.4 Å². The first-order valence-electron chi connectivity index (χ1n) is 8.87. The van der Waals surface area contributed by atoms with Crippen molar-refractivity contribution in [1.82, 2.24) is 20.6 Å². The number of fused-ring (bicyclic) bond motifs is 1. The number of hydrogen-bond acceptors (Lipinski definition) is 5. The van der Waals surface area contributed by atoms with Crippen molar-refractivity contribution in [3.63, 3.8) is 0 Å². The molecule has 4 rings (SSSR count). The molecule has 0 saturated carbocycles. The molecule has 8 nitrogen and oxygen atoms in total. The molecule has 2 N–H and O–H groups in total. The number of aryl methyl sites for hydroxylation is 1. The predicted octanol–water partition coefficient (Wildman–Crippen LogP) is 2.57. The maximum atomic E-state index is 14.1. The Kier molecular flexibility index (Phi) is 4.82. The summed E-state index contributed by atoms with van der Waals surface area (Å²) in [6.45, 7) is 3.21. The van der Waals surface area contributed by atoms with Crippen molar-refractivity contribution in [2.24, 2.45) is 0 Å². The summed E-state index contributed by atoms with van der Waals surface area (Å²) >= 11 is 0. The zero-order valence-electron chi connectivity index (χ0n) is 16.0. The maximum Gasteiger partial charge on any atom is 0.273 e. The van der Waals surface area contributed by atoms with E-state index in [1.165, 1.54) is 22.9 Å². The van der Waals surface area contributed by atoms with Crippen molar-refractivity contribution in [3.8, 4) is 17.2 Å². The van der Waals surface area contributed by atoms with Crippen LogP contribution in [0.1, 0.15) is 32.1 Å².